The maximum absolute atomic E-state index is 13.0. The van der Waals surface area contributed by atoms with Crippen molar-refractivity contribution < 1.29 is 13.9 Å². The first-order chi connectivity index (χ1) is 14.2. The zero-order chi connectivity index (χ0) is 20.1. The number of benzene rings is 2. The van der Waals surface area contributed by atoms with Crippen molar-refractivity contribution in [3.63, 3.8) is 0 Å². The van der Waals surface area contributed by atoms with Crippen LogP contribution in [0.5, 0.6) is 10.9 Å². The molecule has 0 unspecified atom stereocenters. The molecule has 0 saturated heterocycles. The second-order valence-electron chi connectivity index (χ2n) is 7.21. The standard InChI is InChI=1S/C22H22FN3O2S/c23-17-10-6-15(7-11-17)14-20-25-22(29-26-20)28-19-12-8-16(9-13-19)21(27)24-18-4-2-1-3-5-18/h6-13,18H,1-5,14H2,(H,24,27). The van der Waals surface area contributed by atoms with E-state index in [2.05, 4.69) is 14.7 Å². The fraction of sp³-hybridized carbons (Fsp3) is 0.318. The minimum atomic E-state index is -0.264. The molecule has 0 radical (unpaired) electrons. The van der Waals surface area contributed by atoms with E-state index in [9.17, 15) is 9.18 Å². The summed E-state index contributed by atoms with van der Waals surface area (Å²) in [5.74, 6) is 0.921. The first-order valence-corrected chi connectivity index (χ1v) is 10.6. The van der Waals surface area contributed by atoms with Gasteiger partial charge in [0.25, 0.3) is 11.1 Å². The normalized spacial score (nSPS) is 14.5. The smallest absolute Gasteiger partial charge is 0.298 e. The van der Waals surface area contributed by atoms with E-state index in [4.69, 9.17) is 4.74 Å². The summed E-state index contributed by atoms with van der Waals surface area (Å²) in [4.78, 5) is 16.8. The molecule has 3 aromatic rings. The van der Waals surface area contributed by atoms with Gasteiger partial charge in [0.2, 0.25) is 0 Å². The van der Waals surface area contributed by atoms with E-state index in [0.717, 1.165) is 29.9 Å². The number of nitrogens with zero attached hydrogens (tertiary/aromatic N) is 2. The maximum Gasteiger partial charge on any atom is 0.298 e. The summed E-state index contributed by atoms with van der Waals surface area (Å²) >= 11 is 1.16. The van der Waals surface area contributed by atoms with Crippen molar-refractivity contribution in [1.82, 2.24) is 14.7 Å². The van der Waals surface area contributed by atoms with E-state index < -0.39 is 0 Å². The Hall–Kier alpha value is -2.80. The van der Waals surface area contributed by atoms with Crippen molar-refractivity contribution in [1.29, 1.82) is 0 Å². The van der Waals surface area contributed by atoms with Gasteiger partial charge in [-0.25, -0.2) is 4.39 Å². The number of halogens is 1. The molecule has 1 aliphatic rings. The number of rotatable bonds is 6. The number of amides is 1. The van der Waals surface area contributed by atoms with Crippen LogP contribution in [-0.4, -0.2) is 21.3 Å². The fourth-order valence-electron chi connectivity index (χ4n) is 3.43. The van der Waals surface area contributed by atoms with Gasteiger partial charge >= 0.3 is 0 Å². The number of nitrogens with one attached hydrogen (secondary N) is 1. The SMILES string of the molecule is O=C(NC1CCCCC1)c1ccc(Oc2nc(Cc3ccc(F)cc3)ns2)cc1. The highest BCUT2D eigenvalue weighted by atomic mass is 32.1. The topological polar surface area (TPSA) is 64.1 Å². The first-order valence-electron chi connectivity index (χ1n) is 9.81. The second kappa shape index (κ2) is 9.13. The van der Waals surface area contributed by atoms with E-state index in [-0.39, 0.29) is 17.8 Å². The third-order valence-electron chi connectivity index (χ3n) is 4.99. The average Bonchev–Trinajstić information content (AvgIpc) is 3.18. The van der Waals surface area contributed by atoms with Crippen LogP contribution < -0.4 is 10.1 Å². The number of hydrogen-bond donors (Lipinski definition) is 1. The van der Waals surface area contributed by atoms with Crippen molar-refractivity contribution in [2.75, 3.05) is 0 Å². The lowest BCUT2D eigenvalue weighted by atomic mass is 9.95. The molecule has 1 aromatic heterocycles. The van der Waals surface area contributed by atoms with Crippen LogP contribution in [0, 0.1) is 5.82 Å². The van der Waals surface area contributed by atoms with Crippen LogP contribution >= 0.6 is 11.5 Å². The van der Waals surface area contributed by atoms with Crippen LogP contribution in [-0.2, 0) is 6.42 Å². The summed E-state index contributed by atoms with van der Waals surface area (Å²) in [5.41, 5.74) is 1.56. The highest BCUT2D eigenvalue weighted by Gasteiger charge is 2.16. The summed E-state index contributed by atoms with van der Waals surface area (Å²) in [6.45, 7) is 0. The molecule has 1 aliphatic carbocycles. The molecule has 1 N–H and O–H groups in total. The van der Waals surface area contributed by atoms with Gasteiger partial charge in [-0.2, -0.15) is 9.36 Å². The molecule has 1 amide bonds. The summed E-state index contributed by atoms with van der Waals surface area (Å²) in [6, 6.07) is 13.6. The second-order valence-corrected chi connectivity index (χ2v) is 7.93. The van der Waals surface area contributed by atoms with Crippen molar-refractivity contribution in [2.24, 2.45) is 0 Å². The van der Waals surface area contributed by atoms with Crippen molar-refractivity contribution in [2.45, 2.75) is 44.6 Å². The van der Waals surface area contributed by atoms with Gasteiger partial charge < -0.3 is 10.1 Å². The summed E-state index contributed by atoms with van der Waals surface area (Å²) in [5, 5.41) is 3.54. The van der Waals surface area contributed by atoms with E-state index in [1.807, 2.05) is 0 Å². The van der Waals surface area contributed by atoms with E-state index in [1.165, 1.54) is 31.4 Å². The quantitative estimate of drug-likeness (QED) is 0.611. The molecule has 0 spiro atoms. The Balaban J connectivity index is 1.33. The molecule has 4 rings (SSSR count). The molecule has 150 valence electrons. The Morgan fingerprint density at radius 3 is 2.52 bits per heavy atom. The van der Waals surface area contributed by atoms with Gasteiger partial charge in [0.05, 0.1) is 0 Å². The van der Waals surface area contributed by atoms with Crippen LogP contribution in [0.3, 0.4) is 0 Å². The number of carbonyl (C=O) groups is 1. The number of carbonyl (C=O) groups excluding carboxylic acids is 1. The van der Waals surface area contributed by atoms with Gasteiger partial charge in [-0.1, -0.05) is 31.4 Å². The molecule has 2 aromatic carbocycles. The summed E-state index contributed by atoms with van der Waals surface area (Å²) in [7, 11) is 0. The third kappa shape index (κ3) is 5.38. The average molecular weight is 412 g/mol. The van der Waals surface area contributed by atoms with Crippen LogP contribution in [0.25, 0.3) is 0 Å². The van der Waals surface area contributed by atoms with Gasteiger partial charge in [0.1, 0.15) is 11.6 Å². The lowest BCUT2D eigenvalue weighted by molar-refractivity contribution is 0.0927. The van der Waals surface area contributed by atoms with Crippen LogP contribution in [0.1, 0.15) is 53.8 Å². The van der Waals surface area contributed by atoms with Gasteiger partial charge in [-0.15, -0.1) is 0 Å². The van der Waals surface area contributed by atoms with Gasteiger partial charge in [0, 0.05) is 29.6 Å². The van der Waals surface area contributed by atoms with Crippen LogP contribution in [0.15, 0.2) is 48.5 Å². The van der Waals surface area contributed by atoms with Crippen LogP contribution in [0.4, 0.5) is 4.39 Å². The molecular weight excluding hydrogens is 389 g/mol. The molecule has 0 bridgehead atoms. The molecular formula is C22H22FN3O2S. The van der Waals surface area contributed by atoms with Gasteiger partial charge in [-0.3, -0.25) is 4.79 Å². The summed E-state index contributed by atoms with van der Waals surface area (Å²) < 4.78 is 23.0. The Morgan fingerprint density at radius 1 is 1.07 bits per heavy atom. The molecule has 0 atom stereocenters. The van der Waals surface area contributed by atoms with Crippen molar-refractivity contribution in [3.8, 4) is 10.9 Å². The minimum absolute atomic E-state index is 0.0408. The monoisotopic (exact) mass is 411 g/mol. The van der Waals surface area contributed by atoms with E-state index in [1.54, 1.807) is 36.4 Å². The molecule has 1 heterocycles. The number of ether oxygens (including phenoxy) is 1. The Morgan fingerprint density at radius 2 is 1.79 bits per heavy atom. The Kier molecular flexibility index (Phi) is 6.14. The molecule has 0 aliphatic heterocycles. The molecule has 29 heavy (non-hydrogen) atoms. The fourth-order valence-corrected chi connectivity index (χ4v) is 4.00. The first kappa shape index (κ1) is 19.5. The molecule has 7 heteroatoms. The lowest BCUT2D eigenvalue weighted by Gasteiger charge is -2.22. The Bertz CT molecular complexity index is 951. The number of aromatic nitrogens is 2. The zero-order valence-electron chi connectivity index (χ0n) is 15.9. The summed E-state index contributed by atoms with van der Waals surface area (Å²) in [6.07, 6.45) is 6.26. The number of hydrogen-bond acceptors (Lipinski definition) is 5. The van der Waals surface area contributed by atoms with Gasteiger partial charge in [0.15, 0.2) is 5.82 Å². The highest BCUT2D eigenvalue weighted by Crippen LogP contribution is 2.24. The lowest BCUT2D eigenvalue weighted by Crippen LogP contribution is -2.36. The van der Waals surface area contributed by atoms with Crippen molar-refractivity contribution >= 4 is 17.4 Å². The largest absolute Gasteiger partial charge is 0.430 e. The molecule has 1 saturated carbocycles. The minimum Gasteiger partial charge on any atom is -0.430 e. The zero-order valence-corrected chi connectivity index (χ0v) is 16.8. The maximum atomic E-state index is 13.0. The Labute approximate surface area is 173 Å². The molecule has 1 fully saturated rings. The third-order valence-corrected chi connectivity index (χ3v) is 5.62. The predicted molar refractivity (Wildman–Crippen MR) is 110 cm³/mol. The van der Waals surface area contributed by atoms with Crippen molar-refractivity contribution in [3.05, 3.63) is 71.3 Å². The highest BCUT2D eigenvalue weighted by molar-refractivity contribution is 7.07. The predicted octanol–water partition coefficient (Wildman–Crippen LogP) is 5.12. The van der Waals surface area contributed by atoms with Crippen LogP contribution in [0.2, 0.25) is 0 Å². The van der Waals surface area contributed by atoms with E-state index in [0.29, 0.717) is 28.8 Å². The molecule has 5 nitrogen and oxygen atoms in total. The van der Waals surface area contributed by atoms with Gasteiger partial charge in [-0.05, 0) is 54.8 Å². The van der Waals surface area contributed by atoms with E-state index >= 15 is 0 Å².